The molecule has 1 heterocycles. The van der Waals surface area contributed by atoms with Gasteiger partial charge in [-0.25, -0.2) is 0 Å². The second kappa shape index (κ2) is 11.4. The maximum absolute atomic E-state index is 8.62. The topological polar surface area (TPSA) is 61.9 Å². The highest BCUT2D eigenvalue weighted by Crippen LogP contribution is 2.08. The lowest BCUT2D eigenvalue weighted by molar-refractivity contribution is 0.282. The van der Waals surface area contributed by atoms with Crippen molar-refractivity contribution in [3.05, 3.63) is 0 Å². The summed E-state index contributed by atoms with van der Waals surface area (Å²) in [5.41, 5.74) is 5.92. The maximum Gasteiger partial charge on any atom is 0.191 e. The van der Waals surface area contributed by atoms with E-state index in [1.807, 2.05) is 11.8 Å². The van der Waals surface area contributed by atoms with E-state index in [1.165, 1.54) is 0 Å². The highest BCUT2D eigenvalue weighted by molar-refractivity contribution is 14.0. The number of aliphatic hydroxyl groups excluding tert-OH is 1. The van der Waals surface area contributed by atoms with Crippen molar-refractivity contribution in [1.29, 1.82) is 0 Å². The smallest absolute Gasteiger partial charge is 0.191 e. The Hall–Kier alpha value is 0.310. The first kappa shape index (κ1) is 17.3. The first-order valence-electron chi connectivity index (χ1n) is 6.08. The van der Waals surface area contributed by atoms with E-state index in [4.69, 9.17) is 10.8 Å². The summed E-state index contributed by atoms with van der Waals surface area (Å²) in [5.74, 6) is 3.03. The lowest BCUT2D eigenvalue weighted by Crippen LogP contribution is -2.42. The van der Waals surface area contributed by atoms with Gasteiger partial charge in [-0.05, 0) is 12.8 Å². The zero-order chi connectivity index (χ0) is 11.6. The number of aliphatic hydroxyl groups is 1. The molecule has 0 saturated carbocycles. The van der Waals surface area contributed by atoms with Gasteiger partial charge in [-0.3, -0.25) is 4.99 Å². The Bertz CT molecular complexity index is 211. The number of aliphatic imine (C=N–C) groups is 1. The van der Waals surface area contributed by atoms with Gasteiger partial charge in [0.15, 0.2) is 5.96 Å². The number of nitrogens with two attached hydrogens (primary N) is 1. The molecule has 1 fully saturated rings. The molecule has 0 atom stereocenters. The van der Waals surface area contributed by atoms with E-state index in [0.29, 0.717) is 12.6 Å². The molecule has 0 bridgehead atoms. The van der Waals surface area contributed by atoms with Gasteiger partial charge < -0.3 is 15.7 Å². The molecule has 1 rings (SSSR count). The first-order chi connectivity index (χ1) is 7.84. The Morgan fingerprint density at radius 1 is 1.18 bits per heavy atom. The second-order valence-corrected chi connectivity index (χ2v) is 5.20. The number of thioether (sulfide) groups is 1. The van der Waals surface area contributed by atoms with Gasteiger partial charge in [-0.1, -0.05) is 12.8 Å². The molecule has 0 amide bonds. The van der Waals surface area contributed by atoms with Crippen molar-refractivity contribution in [2.75, 3.05) is 37.7 Å². The summed E-state index contributed by atoms with van der Waals surface area (Å²) in [6, 6.07) is 0. The summed E-state index contributed by atoms with van der Waals surface area (Å²) in [5, 5.41) is 8.62. The van der Waals surface area contributed by atoms with E-state index in [1.54, 1.807) is 0 Å². The molecule has 0 spiro atoms. The van der Waals surface area contributed by atoms with Crippen LogP contribution in [0.4, 0.5) is 0 Å². The van der Waals surface area contributed by atoms with Crippen LogP contribution in [0.15, 0.2) is 4.99 Å². The van der Waals surface area contributed by atoms with E-state index < -0.39 is 0 Å². The van der Waals surface area contributed by atoms with Gasteiger partial charge in [0.1, 0.15) is 0 Å². The Balaban J connectivity index is 0.00000256. The molecule has 6 heteroatoms. The highest BCUT2D eigenvalue weighted by atomic mass is 127. The summed E-state index contributed by atoms with van der Waals surface area (Å²) in [7, 11) is 0. The quantitative estimate of drug-likeness (QED) is 0.321. The van der Waals surface area contributed by atoms with Crippen LogP contribution < -0.4 is 5.73 Å². The average molecular weight is 373 g/mol. The third kappa shape index (κ3) is 8.10. The summed E-state index contributed by atoms with van der Waals surface area (Å²) in [6.07, 6.45) is 4.20. The molecule has 1 aliphatic heterocycles. The van der Waals surface area contributed by atoms with Crippen LogP contribution in [0.5, 0.6) is 0 Å². The predicted molar refractivity (Wildman–Crippen MR) is 86.4 cm³/mol. The molecule has 1 aliphatic rings. The molecule has 3 N–H and O–H groups in total. The molecule has 0 aromatic carbocycles. The lowest BCUT2D eigenvalue weighted by Gasteiger charge is -2.27. The van der Waals surface area contributed by atoms with Gasteiger partial charge in [0, 0.05) is 37.7 Å². The van der Waals surface area contributed by atoms with E-state index in [2.05, 4.69) is 9.89 Å². The average Bonchev–Trinajstić information content (AvgIpc) is 2.34. The van der Waals surface area contributed by atoms with Crippen molar-refractivity contribution >= 4 is 41.7 Å². The van der Waals surface area contributed by atoms with Crippen LogP contribution in [-0.2, 0) is 0 Å². The van der Waals surface area contributed by atoms with E-state index >= 15 is 0 Å². The molecule has 0 aromatic heterocycles. The molecule has 1 saturated heterocycles. The standard InChI is InChI=1S/C11H23N3OS.HI/c12-11(14-6-9-16-10-7-14)13-5-3-1-2-4-8-15;/h15H,1-10H2,(H2,12,13);1H. The number of nitrogens with zero attached hydrogens (tertiary/aromatic N) is 2. The Morgan fingerprint density at radius 3 is 2.47 bits per heavy atom. The third-order valence-electron chi connectivity index (χ3n) is 2.68. The van der Waals surface area contributed by atoms with Crippen LogP contribution >= 0.6 is 35.7 Å². The zero-order valence-corrected chi connectivity index (χ0v) is 13.5. The highest BCUT2D eigenvalue weighted by Gasteiger charge is 2.11. The zero-order valence-electron chi connectivity index (χ0n) is 10.3. The monoisotopic (exact) mass is 373 g/mol. The van der Waals surface area contributed by atoms with Gasteiger partial charge in [0.05, 0.1) is 0 Å². The molecular weight excluding hydrogens is 349 g/mol. The number of rotatable bonds is 6. The van der Waals surface area contributed by atoms with Gasteiger partial charge in [0.25, 0.3) is 0 Å². The summed E-state index contributed by atoms with van der Waals surface area (Å²) < 4.78 is 0. The van der Waals surface area contributed by atoms with Crippen LogP contribution in [0.25, 0.3) is 0 Å². The van der Waals surface area contributed by atoms with Crippen molar-refractivity contribution in [3.8, 4) is 0 Å². The van der Waals surface area contributed by atoms with Crippen molar-refractivity contribution in [3.63, 3.8) is 0 Å². The number of hydrogen-bond acceptors (Lipinski definition) is 3. The minimum atomic E-state index is 0. The van der Waals surface area contributed by atoms with Gasteiger partial charge in [0.2, 0.25) is 0 Å². The van der Waals surface area contributed by atoms with Crippen molar-refractivity contribution in [1.82, 2.24) is 4.90 Å². The fourth-order valence-electron chi connectivity index (χ4n) is 1.66. The normalized spacial score (nSPS) is 16.8. The maximum atomic E-state index is 8.62. The van der Waals surface area contributed by atoms with E-state index in [0.717, 1.165) is 56.8 Å². The van der Waals surface area contributed by atoms with E-state index in [-0.39, 0.29) is 24.0 Å². The Kier molecular flexibility index (Phi) is 11.6. The van der Waals surface area contributed by atoms with Crippen LogP contribution in [0.3, 0.4) is 0 Å². The number of unbranched alkanes of at least 4 members (excludes halogenated alkanes) is 3. The number of hydrogen-bond donors (Lipinski definition) is 2. The van der Waals surface area contributed by atoms with Gasteiger partial charge in [-0.2, -0.15) is 11.8 Å². The van der Waals surface area contributed by atoms with Crippen LogP contribution in [0.1, 0.15) is 25.7 Å². The second-order valence-electron chi connectivity index (χ2n) is 3.98. The molecule has 4 nitrogen and oxygen atoms in total. The molecule has 0 radical (unpaired) electrons. The van der Waals surface area contributed by atoms with E-state index in [9.17, 15) is 0 Å². The fourth-order valence-corrected chi connectivity index (χ4v) is 2.57. The van der Waals surface area contributed by atoms with Crippen LogP contribution in [0.2, 0.25) is 0 Å². The fraction of sp³-hybridized carbons (Fsp3) is 0.909. The summed E-state index contributed by atoms with van der Waals surface area (Å²) >= 11 is 1.98. The molecule has 0 unspecified atom stereocenters. The van der Waals surface area contributed by atoms with Crippen molar-refractivity contribution in [2.45, 2.75) is 25.7 Å². The predicted octanol–water partition coefficient (Wildman–Crippen LogP) is 1.52. The minimum Gasteiger partial charge on any atom is -0.396 e. The molecule has 0 aliphatic carbocycles. The van der Waals surface area contributed by atoms with Gasteiger partial charge in [-0.15, -0.1) is 24.0 Å². The Morgan fingerprint density at radius 2 is 1.82 bits per heavy atom. The lowest BCUT2D eigenvalue weighted by atomic mass is 10.2. The largest absolute Gasteiger partial charge is 0.396 e. The number of halogens is 1. The van der Waals surface area contributed by atoms with Crippen molar-refractivity contribution in [2.24, 2.45) is 10.7 Å². The molecule has 0 aromatic rings. The third-order valence-corrected chi connectivity index (χ3v) is 3.62. The summed E-state index contributed by atoms with van der Waals surface area (Å²) in [4.78, 5) is 6.56. The Labute approximate surface area is 125 Å². The van der Waals surface area contributed by atoms with Crippen molar-refractivity contribution < 1.29 is 5.11 Å². The van der Waals surface area contributed by atoms with Crippen LogP contribution in [-0.4, -0.2) is 53.7 Å². The van der Waals surface area contributed by atoms with Gasteiger partial charge >= 0.3 is 0 Å². The molecule has 17 heavy (non-hydrogen) atoms. The number of guanidine groups is 1. The minimum absolute atomic E-state index is 0. The molecular formula is C11H24IN3OS. The van der Waals surface area contributed by atoms with Crippen LogP contribution in [0, 0.1) is 0 Å². The SMILES string of the molecule is I.NC(=NCCCCCCO)N1CCSCC1. The summed E-state index contributed by atoms with van der Waals surface area (Å²) in [6.45, 7) is 3.19. The molecule has 102 valence electrons. The first-order valence-corrected chi connectivity index (χ1v) is 7.23.